The van der Waals surface area contributed by atoms with Gasteiger partial charge in [0.05, 0.1) is 0 Å². The molecule has 0 amide bonds. The third-order valence-electron chi connectivity index (χ3n) is 4.43. The Kier molecular flexibility index (Phi) is 5.09. The van der Waals surface area contributed by atoms with Gasteiger partial charge in [0.25, 0.3) is 0 Å². The predicted molar refractivity (Wildman–Crippen MR) is 88.4 cm³/mol. The summed E-state index contributed by atoms with van der Waals surface area (Å²) in [6.45, 7) is 13.7. The van der Waals surface area contributed by atoms with Gasteiger partial charge in [-0.25, -0.2) is 0 Å². The van der Waals surface area contributed by atoms with Crippen LogP contribution in [0.25, 0.3) is 0 Å². The number of anilines is 1. The first-order valence-corrected chi connectivity index (χ1v) is 8.07. The number of hydrogen-bond acceptors (Lipinski definition) is 2. The summed E-state index contributed by atoms with van der Waals surface area (Å²) in [5, 5.41) is 3.55. The lowest BCUT2D eigenvalue weighted by Gasteiger charge is -2.39. The van der Waals surface area contributed by atoms with E-state index in [9.17, 15) is 0 Å². The van der Waals surface area contributed by atoms with Gasteiger partial charge in [-0.2, -0.15) is 0 Å². The van der Waals surface area contributed by atoms with Gasteiger partial charge in [0.2, 0.25) is 0 Å². The zero-order valence-corrected chi connectivity index (χ0v) is 13.6. The zero-order valence-electron chi connectivity index (χ0n) is 13.6. The Morgan fingerprint density at radius 2 is 1.90 bits per heavy atom. The minimum atomic E-state index is 0.516. The highest BCUT2D eigenvalue weighted by Crippen LogP contribution is 2.33. The Bertz CT molecular complexity index is 427. The normalized spacial score (nSPS) is 18.3. The van der Waals surface area contributed by atoms with E-state index in [4.69, 9.17) is 0 Å². The van der Waals surface area contributed by atoms with Crippen molar-refractivity contribution >= 4 is 5.69 Å². The first kappa shape index (κ1) is 15.4. The molecule has 2 rings (SSSR count). The molecule has 1 N–H and O–H groups in total. The molecule has 2 heteroatoms. The molecule has 0 saturated carbocycles. The molecule has 20 heavy (non-hydrogen) atoms. The van der Waals surface area contributed by atoms with Crippen LogP contribution in [0.1, 0.15) is 51.2 Å². The Morgan fingerprint density at radius 3 is 2.55 bits per heavy atom. The van der Waals surface area contributed by atoms with Crippen LogP contribution in [0.4, 0.5) is 5.69 Å². The molecule has 1 saturated heterocycles. The van der Waals surface area contributed by atoms with Crippen LogP contribution < -0.4 is 10.2 Å². The summed E-state index contributed by atoms with van der Waals surface area (Å²) in [5.74, 6) is 0. The van der Waals surface area contributed by atoms with Crippen molar-refractivity contribution in [2.75, 3.05) is 24.5 Å². The molecular formula is C18H30N2. The van der Waals surface area contributed by atoms with Crippen LogP contribution in [-0.2, 0) is 6.54 Å². The van der Waals surface area contributed by atoms with Gasteiger partial charge in [-0.05, 0) is 49.8 Å². The highest BCUT2D eigenvalue weighted by Gasteiger charge is 2.26. The lowest BCUT2D eigenvalue weighted by atomic mass is 9.82. The van der Waals surface area contributed by atoms with Crippen LogP contribution in [0.15, 0.2) is 18.2 Å². The largest absolute Gasteiger partial charge is 0.371 e. The van der Waals surface area contributed by atoms with Crippen LogP contribution in [0.2, 0.25) is 0 Å². The first-order chi connectivity index (χ1) is 9.52. The van der Waals surface area contributed by atoms with Gasteiger partial charge in [-0.15, -0.1) is 0 Å². The fourth-order valence-electron chi connectivity index (χ4n) is 2.92. The number of rotatable bonds is 5. The summed E-state index contributed by atoms with van der Waals surface area (Å²) < 4.78 is 0. The van der Waals surface area contributed by atoms with E-state index in [1.165, 1.54) is 49.2 Å². The molecule has 0 spiro atoms. The van der Waals surface area contributed by atoms with Gasteiger partial charge >= 0.3 is 0 Å². The SMILES string of the molecule is CCCNCc1cc(C)ccc1N1CCC(C)(C)CC1. The fraction of sp³-hybridized carbons (Fsp3) is 0.667. The molecule has 0 atom stereocenters. The zero-order chi connectivity index (χ0) is 14.6. The smallest absolute Gasteiger partial charge is 0.0412 e. The van der Waals surface area contributed by atoms with Crippen molar-refractivity contribution in [1.82, 2.24) is 5.32 Å². The highest BCUT2D eigenvalue weighted by atomic mass is 15.1. The summed E-state index contributed by atoms with van der Waals surface area (Å²) in [6, 6.07) is 6.91. The lowest BCUT2D eigenvalue weighted by Crippen LogP contribution is -2.38. The van der Waals surface area contributed by atoms with Crippen molar-refractivity contribution in [3.05, 3.63) is 29.3 Å². The molecule has 2 nitrogen and oxygen atoms in total. The van der Waals surface area contributed by atoms with E-state index in [1.54, 1.807) is 0 Å². The molecule has 1 aliphatic rings. The summed E-state index contributed by atoms with van der Waals surface area (Å²) in [7, 11) is 0. The van der Waals surface area contributed by atoms with Crippen molar-refractivity contribution in [2.45, 2.75) is 53.5 Å². The number of benzene rings is 1. The molecule has 1 heterocycles. The topological polar surface area (TPSA) is 15.3 Å². The summed E-state index contributed by atoms with van der Waals surface area (Å²) in [4.78, 5) is 2.58. The fourth-order valence-corrected chi connectivity index (χ4v) is 2.92. The number of aryl methyl sites for hydroxylation is 1. The third kappa shape index (κ3) is 3.99. The Labute approximate surface area is 124 Å². The molecule has 1 fully saturated rings. The average Bonchev–Trinajstić information content (AvgIpc) is 2.40. The standard InChI is InChI=1S/C18H30N2/c1-5-10-19-14-16-13-15(2)6-7-17(16)20-11-8-18(3,4)9-12-20/h6-7,13,19H,5,8-12,14H2,1-4H3. The van der Waals surface area contributed by atoms with Crippen LogP contribution >= 0.6 is 0 Å². The van der Waals surface area contributed by atoms with Gasteiger partial charge in [0, 0.05) is 25.3 Å². The van der Waals surface area contributed by atoms with Crippen molar-refractivity contribution in [2.24, 2.45) is 5.41 Å². The maximum Gasteiger partial charge on any atom is 0.0412 e. The molecule has 0 unspecified atom stereocenters. The monoisotopic (exact) mass is 274 g/mol. The van der Waals surface area contributed by atoms with Crippen LogP contribution in [0.5, 0.6) is 0 Å². The number of piperidine rings is 1. The second-order valence-corrected chi connectivity index (χ2v) is 6.96. The number of nitrogens with zero attached hydrogens (tertiary/aromatic N) is 1. The van der Waals surface area contributed by atoms with Gasteiger partial charge in [0.15, 0.2) is 0 Å². The molecule has 1 aliphatic heterocycles. The second-order valence-electron chi connectivity index (χ2n) is 6.96. The number of nitrogens with one attached hydrogen (secondary N) is 1. The van der Waals surface area contributed by atoms with Gasteiger partial charge in [-0.3, -0.25) is 0 Å². The minimum absolute atomic E-state index is 0.516. The van der Waals surface area contributed by atoms with Gasteiger partial charge in [-0.1, -0.05) is 38.5 Å². The predicted octanol–water partition coefficient (Wildman–Crippen LogP) is 4.12. The first-order valence-electron chi connectivity index (χ1n) is 8.07. The Balaban J connectivity index is 2.10. The van der Waals surface area contributed by atoms with E-state index in [0.29, 0.717) is 5.41 Å². The van der Waals surface area contributed by atoms with E-state index < -0.39 is 0 Å². The van der Waals surface area contributed by atoms with Crippen molar-refractivity contribution in [3.63, 3.8) is 0 Å². The average molecular weight is 274 g/mol. The summed E-state index contributed by atoms with van der Waals surface area (Å²) in [6.07, 6.45) is 3.78. The molecular weight excluding hydrogens is 244 g/mol. The molecule has 1 aromatic rings. The Hall–Kier alpha value is -1.02. The molecule has 1 aromatic carbocycles. The quantitative estimate of drug-likeness (QED) is 0.813. The van der Waals surface area contributed by atoms with Crippen LogP contribution in [-0.4, -0.2) is 19.6 Å². The van der Waals surface area contributed by atoms with Gasteiger partial charge in [0.1, 0.15) is 0 Å². The molecule has 112 valence electrons. The summed E-state index contributed by atoms with van der Waals surface area (Å²) in [5.41, 5.74) is 4.77. The van der Waals surface area contributed by atoms with E-state index in [0.717, 1.165) is 13.1 Å². The Morgan fingerprint density at radius 1 is 1.20 bits per heavy atom. The van der Waals surface area contributed by atoms with E-state index >= 15 is 0 Å². The molecule has 0 aliphatic carbocycles. The molecule has 0 radical (unpaired) electrons. The van der Waals surface area contributed by atoms with Crippen molar-refractivity contribution in [1.29, 1.82) is 0 Å². The maximum absolute atomic E-state index is 3.55. The highest BCUT2D eigenvalue weighted by molar-refractivity contribution is 5.55. The second kappa shape index (κ2) is 6.62. The van der Waals surface area contributed by atoms with E-state index in [-0.39, 0.29) is 0 Å². The summed E-state index contributed by atoms with van der Waals surface area (Å²) >= 11 is 0. The maximum atomic E-state index is 3.55. The van der Waals surface area contributed by atoms with Gasteiger partial charge < -0.3 is 10.2 Å². The van der Waals surface area contributed by atoms with Crippen molar-refractivity contribution < 1.29 is 0 Å². The van der Waals surface area contributed by atoms with Crippen LogP contribution in [0, 0.1) is 12.3 Å². The molecule has 0 aromatic heterocycles. The molecule has 0 bridgehead atoms. The lowest BCUT2D eigenvalue weighted by molar-refractivity contribution is 0.279. The van der Waals surface area contributed by atoms with Crippen LogP contribution in [0.3, 0.4) is 0 Å². The van der Waals surface area contributed by atoms with E-state index in [2.05, 4.69) is 56.1 Å². The van der Waals surface area contributed by atoms with E-state index in [1.807, 2.05) is 0 Å². The minimum Gasteiger partial charge on any atom is -0.371 e. The third-order valence-corrected chi connectivity index (χ3v) is 4.43. The number of hydrogen-bond donors (Lipinski definition) is 1. The van der Waals surface area contributed by atoms with Crippen molar-refractivity contribution in [3.8, 4) is 0 Å².